The number of ether oxygens (including phenoxy) is 3. The maximum atomic E-state index is 13.5. The molecular weight excluding hydrogens is 522 g/mol. The van der Waals surface area contributed by atoms with E-state index in [1.54, 1.807) is 33.4 Å². The summed E-state index contributed by atoms with van der Waals surface area (Å²) in [5.74, 6) is 1.92. The molecule has 0 aromatic heterocycles. The van der Waals surface area contributed by atoms with Crippen molar-refractivity contribution in [2.45, 2.75) is 32.7 Å². The van der Waals surface area contributed by atoms with Gasteiger partial charge in [-0.25, -0.2) is 4.79 Å². The van der Waals surface area contributed by atoms with Gasteiger partial charge < -0.3 is 40.0 Å². The minimum absolute atomic E-state index is 0.136. The van der Waals surface area contributed by atoms with Crippen LogP contribution in [0.2, 0.25) is 0 Å². The van der Waals surface area contributed by atoms with Crippen LogP contribution in [-0.2, 0) is 12.8 Å². The van der Waals surface area contributed by atoms with Crippen LogP contribution in [0.15, 0.2) is 60.5 Å². The molecule has 1 aliphatic heterocycles. The van der Waals surface area contributed by atoms with Crippen LogP contribution >= 0.6 is 0 Å². The molecule has 0 radical (unpaired) electrons. The number of benzene rings is 3. The lowest BCUT2D eigenvalue weighted by Crippen LogP contribution is -2.47. The van der Waals surface area contributed by atoms with Crippen LogP contribution < -0.4 is 24.8 Å². The van der Waals surface area contributed by atoms with E-state index < -0.39 is 0 Å². The number of carbonyl (C=O) groups excluding carboxylic acids is 1. The predicted octanol–water partition coefficient (Wildman–Crippen LogP) is 4.92. The molecule has 0 bridgehead atoms. The van der Waals surface area contributed by atoms with E-state index in [1.165, 1.54) is 0 Å². The molecule has 2 amide bonds. The molecule has 4 rings (SSSR count). The minimum Gasteiger partial charge on any atom is -0.514 e. The van der Waals surface area contributed by atoms with Crippen molar-refractivity contribution in [1.82, 2.24) is 15.5 Å². The second-order valence-corrected chi connectivity index (χ2v) is 10.1. The van der Waals surface area contributed by atoms with Gasteiger partial charge in [0.2, 0.25) is 0 Å². The molecule has 0 saturated carbocycles. The predicted molar refractivity (Wildman–Crippen MR) is 158 cm³/mol. The number of rotatable bonds is 10. The fraction of sp³-hybridized carbons (Fsp3) is 0.344. The van der Waals surface area contributed by atoms with E-state index in [0.717, 1.165) is 39.6 Å². The lowest BCUT2D eigenvalue weighted by atomic mass is 9.85. The number of hydrogen-bond donors (Lipinski definition) is 4. The van der Waals surface area contributed by atoms with Crippen LogP contribution in [0.1, 0.15) is 39.4 Å². The molecule has 218 valence electrons. The van der Waals surface area contributed by atoms with Crippen LogP contribution in [-0.4, -0.2) is 62.1 Å². The first-order chi connectivity index (χ1) is 19.8. The number of carbonyl (C=O) groups is 1. The summed E-state index contributed by atoms with van der Waals surface area (Å²) < 4.78 is 17.2. The first-order valence-electron chi connectivity index (χ1n) is 13.6. The number of likely N-dealkylation sites (N-methyl/N-ethyl adjacent to an activating group) is 1. The van der Waals surface area contributed by atoms with Crippen molar-refractivity contribution in [1.29, 1.82) is 0 Å². The Balaban J connectivity index is 1.67. The van der Waals surface area contributed by atoms with Crippen molar-refractivity contribution < 1.29 is 29.2 Å². The molecule has 0 fully saturated rings. The largest absolute Gasteiger partial charge is 0.514 e. The maximum absolute atomic E-state index is 13.5. The van der Waals surface area contributed by atoms with Crippen LogP contribution in [0.25, 0.3) is 0 Å². The molecule has 41 heavy (non-hydrogen) atoms. The minimum atomic E-state index is -0.348. The SMILES string of the molecule is CN/C(=C\O)CNC(=O)N1CCc2cc(OC)c(OCCc3cc(O)cc(OC)c3)cc2C1c1ccc(C)cc1C. The summed E-state index contributed by atoms with van der Waals surface area (Å²) in [7, 11) is 4.87. The lowest BCUT2D eigenvalue weighted by Gasteiger charge is -2.39. The first-order valence-corrected chi connectivity index (χ1v) is 13.6. The third-order valence-electron chi connectivity index (χ3n) is 7.38. The third kappa shape index (κ3) is 6.80. The number of aromatic hydroxyl groups is 1. The fourth-order valence-electron chi connectivity index (χ4n) is 5.24. The average Bonchev–Trinajstić information content (AvgIpc) is 2.96. The highest BCUT2D eigenvalue weighted by Crippen LogP contribution is 2.42. The number of hydrogen-bond acceptors (Lipinski definition) is 7. The molecule has 3 aromatic carbocycles. The third-order valence-corrected chi connectivity index (χ3v) is 7.38. The molecule has 0 aliphatic carbocycles. The van der Waals surface area contributed by atoms with E-state index in [1.807, 2.05) is 23.1 Å². The van der Waals surface area contributed by atoms with Gasteiger partial charge in [-0.15, -0.1) is 0 Å². The number of aryl methyl sites for hydroxylation is 2. The normalized spacial score (nSPS) is 14.7. The second-order valence-electron chi connectivity index (χ2n) is 10.1. The van der Waals surface area contributed by atoms with Crippen LogP contribution in [0.3, 0.4) is 0 Å². The van der Waals surface area contributed by atoms with Crippen molar-refractivity contribution in [3.63, 3.8) is 0 Å². The number of amides is 2. The van der Waals surface area contributed by atoms with E-state index in [0.29, 0.717) is 48.9 Å². The number of fused-ring (bicyclic) bond motifs is 1. The average molecular weight is 562 g/mol. The Hall–Kier alpha value is -4.53. The molecular formula is C32H39N3O6. The molecule has 1 heterocycles. The van der Waals surface area contributed by atoms with Crippen molar-refractivity contribution >= 4 is 6.03 Å². The zero-order chi connectivity index (χ0) is 29.5. The van der Waals surface area contributed by atoms with Gasteiger partial charge in [0.25, 0.3) is 0 Å². The van der Waals surface area contributed by atoms with Crippen LogP contribution in [0.4, 0.5) is 4.79 Å². The molecule has 1 unspecified atom stereocenters. The highest BCUT2D eigenvalue weighted by Gasteiger charge is 2.34. The summed E-state index contributed by atoms with van der Waals surface area (Å²) >= 11 is 0. The number of methoxy groups -OCH3 is 2. The van der Waals surface area contributed by atoms with Gasteiger partial charge in [0.1, 0.15) is 11.5 Å². The highest BCUT2D eigenvalue weighted by atomic mass is 16.5. The smallest absolute Gasteiger partial charge is 0.318 e. The van der Waals surface area contributed by atoms with E-state index in [-0.39, 0.29) is 24.4 Å². The maximum Gasteiger partial charge on any atom is 0.318 e. The molecule has 3 aromatic rings. The zero-order valence-electron chi connectivity index (χ0n) is 24.3. The lowest BCUT2D eigenvalue weighted by molar-refractivity contribution is 0.180. The molecule has 1 atom stereocenters. The summed E-state index contributed by atoms with van der Waals surface area (Å²) in [6.45, 7) is 5.14. The molecule has 9 nitrogen and oxygen atoms in total. The van der Waals surface area contributed by atoms with Gasteiger partial charge >= 0.3 is 6.03 Å². The summed E-state index contributed by atoms with van der Waals surface area (Å²) in [6.07, 6.45) is 2.15. The topological polar surface area (TPSA) is 113 Å². The number of aliphatic hydroxyl groups is 1. The van der Waals surface area contributed by atoms with Crippen LogP contribution in [0.5, 0.6) is 23.0 Å². The van der Waals surface area contributed by atoms with Gasteiger partial charge in [-0.3, -0.25) is 0 Å². The first kappa shape index (κ1) is 29.5. The van der Waals surface area contributed by atoms with Gasteiger partial charge in [-0.2, -0.15) is 0 Å². The molecule has 0 spiro atoms. The summed E-state index contributed by atoms with van der Waals surface area (Å²) in [4.78, 5) is 15.3. The number of nitrogens with zero attached hydrogens (tertiary/aromatic N) is 1. The Morgan fingerprint density at radius 2 is 1.85 bits per heavy atom. The summed E-state index contributed by atoms with van der Waals surface area (Å²) in [5.41, 5.74) is 6.71. The van der Waals surface area contributed by atoms with Gasteiger partial charge in [0.05, 0.1) is 45.4 Å². The van der Waals surface area contributed by atoms with Gasteiger partial charge in [-0.05, 0) is 72.4 Å². The van der Waals surface area contributed by atoms with Crippen molar-refractivity contribution in [2.24, 2.45) is 0 Å². The van der Waals surface area contributed by atoms with Gasteiger partial charge in [0.15, 0.2) is 11.5 Å². The number of phenols is 1. The quantitative estimate of drug-likeness (QED) is 0.260. The molecule has 1 aliphatic rings. The number of nitrogens with one attached hydrogen (secondary N) is 2. The Morgan fingerprint density at radius 1 is 1.05 bits per heavy atom. The summed E-state index contributed by atoms with van der Waals surface area (Å²) in [5, 5.41) is 25.2. The van der Waals surface area contributed by atoms with Crippen molar-refractivity contribution in [3.05, 3.63) is 93.9 Å². The number of urea groups is 1. The number of aliphatic hydroxyl groups excluding tert-OH is 1. The second kappa shape index (κ2) is 13.2. The Morgan fingerprint density at radius 3 is 2.54 bits per heavy atom. The van der Waals surface area contributed by atoms with E-state index in [4.69, 9.17) is 14.2 Å². The van der Waals surface area contributed by atoms with Crippen molar-refractivity contribution in [3.8, 4) is 23.0 Å². The standard InChI is InChI=1S/C32H39N3O6/c1-20-6-7-27(21(2)12-20)31-28-17-30(41-11-9-22-13-25(37)16-26(14-22)39-4)29(40-5)15-23(28)8-10-35(31)32(38)34-18-24(19-36)33-3/h6-7,12-17,19,31,33,36-37H,8-11,18H2,1-5H3,(H,34,38)/b24-19-. The zero-order valence-corrected chi connectivity index (χ0v) is 24.3. The van der Waals surface area contributed by atoms with Gasteiger partial charge in [-0.1, -0.05) is 23.8 Å². The highest BCUT2D eigenvalue weighted by molar-refractivity contribution is 5.76. The number of phenolic OH excluding ortho intramolecular Hbond substituents is 1. The summed E-state index contributed by atoms with van der Waals surface area (Å²) in [6, 6.07) is 14.8. The van der Waals surface area contributed by atoms with E-state index >= 15 is 0 Å². The van der Waals surface area contributed by atoms with E-state index in [2.05, 4.69) is 42.7 Å². The molecule has 0 saturated heterocycles. The van der Waals surface area contributed by atoms with E-state index in [9.17, 15) is 15.0 Å². The molecule has 4 N–H and O–H groups in total. The Labute approximate surface area is 241 Å². The van der Waals surface area contributed by atoms with Gasteiger partial charge in [0, 0.05) is 26.1 Å². The monoisotopic (exact) mass is 561 g/mol. The Bertz CT molecular complexity index is 1420. The van der Waals surface area contributed by atoms with Crippen LogP contribution in [0, 0.1) is 13.8 Å². The molecule has 9 heteroatoms. The Kier molecular flexibility index (Phi) is 9.49. The fourth-order valence-corrected chi connectivity index (χ4v) is 5.24. The van der Waals surface area contributed by atoms with Crippen molar-refractivity contribution in [2.75, 3.05) is 41.0 Å².